The standard InChI is InChI=1S/C58H34O/c1-2-13-39-31-40(26-23-35(39)11-1)36-21-24-38(25-22-36)56-46-17-7-9-19-48(46)57(49-20-10-8-18-47(49)56)41-27-29-45-50(32-41)43-15-5-6-16-44(43)51-33-53-55(34-52(45)51)59-54-30-28-37-12-3-4-14-42(37)58(53)54/h1-34H. The van der Waals surface area contributed by atoms with Crippen LogP contribution in [0, 0.1) is 0 Å². The highest BCUT2D eigenvalue weighted by Crippen LogP contribution is 2.47. The highest BCUT2D eigenvalue weighted by atomic mass is 16.3. The first kappa shape index (κ1) is 32.4. The summed E-state index contributed by atoms with van der Waals surface area (Å²) in [6.45, 7) is 0. The van der Waals surface area contributed by atoms with Crippen molar-refractivity contribution in [2.24, 2.45) is 0 Å². The number of rotatable bonds is 3. The van der Waals surface area contributed by atoms with Crippen molar-refractivity contribution >= 4 is 97.3 Å². The fourth-order valence-electron chi connectivity index (χ4n) is 10.1. The Morgan fingerprint density at radius 2 is 0.695 bits per heavy atom. The van der Waals surface area contributed by atoms with Crippen molar-refractivity contribution in [3.05, 3.63) is 206 Å². The molecule has 0 saturated carbocycles. The van der Waals surface area contributed by atoms with Crippen molar-refractivity contribution in [2.45, 2.75) is 0 Å². The van der Waals surface area contributed by atoms with E-state index in [4.69, 9.17) is 4.42 Å². The van der Waals surface area contributed by atoms with E-state index in [1.165, 1.54) is 114 Å². The zero-order valence-corrected chi connectivity index (χ0v) is 32.0. The van der Waals surface area contributed by atoms with Gasteiger partial charge in [0.05, 0.1) is 0 Å². The van der Waals surface area contributed by atoms with Gasteiger partial charge < -0.3 is 4.42 Å². The molecular weight excluding hydrogens is 713 g/mol. The molecule has 0 spiro atoms. The molecule has 0 fully saturated rings. The number of benzene rings is 12. The van der Waals surface area contributed by atoms with Crippen molar-refractivity contribution < 1.29 is 4.42 Å². The number of hydrogen-bond donors (Lipinski definition) is 0. The second-order valence-electron chi connectivity index (χ2n) is 15.9. The number of hydrogen-bond acceptors (Lipinski definition) is 1. The molecule has 0 radical (unpaired) electrons. The highest BCUT2D eigenvalue weighted by molar-refractivity contribution is 6.31. The molecule has 0 atom stereocenters. The first-order valence-corrected chi connectivity index (χ1v) is 20.4. The molecule has 0 amide bonds. The molecule has 1 heterocycles. The van der Waals surface area contributed by atoms with Crippen molar-refractivity contribution in [3.8, 4) is 33.4 Å². The van der Waals surface area contributed by atoms with Gasteiger partial charge in [0.2, 0.25) is 0 Å². The summed E-state index contributed by atoms with van der Waals surface area (Å²) in [5.41, 5.74) is 9.25. The normalized spacial score (nSPS) is 12.1. The molecule has 0 unspecified atom stereocenters. The van der Waals surface area contributed by atoms with E-state index in [0.29, 0.717) is 0 Å². The molecule has 1 heteroatoms. The van der Waals surface area contributed by atoms with E-state index in [1.807, 2.05) is 0 Å². The summed E-state index contributed by atoms with van der Waals surface area (Å²) in [6.07, 6.45) is 0. The van der Waals surface area contributed by atoms with E-state index in [2.05, 4.69) is 206 Å². The van der Waals surface area contributed by atoms with Crippen LogP contribution < -0.4 is 0 Å². The summed E-state index contributed by atoms with van der Waals surface area (Å²) in [4.78, 5) is 0. The van der Waals surface area contributed by atoms with Gasteiger partial charge in [0, 0.05) is 10.8 Å². The molecule has 59 heavy (non-hydrogen) atoms. The molecule has 12 aromatic carbocycles. The summed E-state index contributed by atoms with van der Waals surface area (Å²) in [5, 5.41) is 19.7. The Kier molecular flexibility index (Phi) is 6.79. The maximum absolute atomic E-state index is 6.61. The van der Waals surface area contributed by atoms with Crippen LogP contribution in [0.3, 0.4) is 0 Å². The lowest BCUT2D eigenvalue weighted by Crippen LogP contribution is -1.91. The molecule has 0 aliphatic rings. The van der Waals surface area contributed by atoms with E-state index in [-0.39, 0.29) is 0 Å². The maximum atomic E-state index is 6.61. The number of fused-ring (bicyclic) bond motifs is 14. The average molecular weight is 747 g/mol. The fraction of sp³-hybridized carbons (Fsp3) is 0. The third-order valence-electron chi connectivity index (χ3n) is 12.8. The van der Waals surface area contributed by atoms with Gasteiger partial charge in [0.25, 0.3) is 0 Å². The average Bonchev–Trinajstić information content (AvgIpc) is 3.68. The minimum atomic E-state index is 0.919. The SMILES string of the molecule is c1ccc2cc(-c3ccc(-c4c5ccccc5c(-c5ccc6c(c5)c5ccccc5c5cc7c(cc65)oc5ccc6ccccc6c57)c5ccccc45)cc3)ccc2c1. The first-order chi connectivity index (χ1) is 29.2. The molecule has 0 aliphatic heterocycles. The zero-order chi connectivity index (χ0) is 38.6. The molecule has 13 rings (SSSR count). The van der Waals surface area contributed by atoms with Gasteiger partial charge in [-0.25, -0.2) is 0 Å². The Morgan fingerprint density at radius 3 is 1.39 bits per heavy atom. The van der Waals surface area contributed by atoms with E-state index >= 15 is 0 Å². The minimum Gasteiger partial charge on any atom is -0.456 e. The summed E-state index contributed by atoms with van der Waals surface area (Å²) in [5.74, 6) is 0. The van der Waals surface area contributed by atoms with Crippen LogP contribution in [-0.2, 0) is 0 Å². The zero-order valence-electron chi connectivity index (χ0n) is 32.0. The summed E-state index contributed by atoms with van der Waals surface area (Å²) in [7, 11) is 0. The van der Waals surface area contributed by atoms with E-state index in [9.17, 15) is 0 Å². The second-order valence-corrected chi connectivity index (χ2v) is 15.9. The summed E-state index contributed by atoms with van der Waals surface area (Å²) < 4.78 is 6.61. The lowest BCUT2D eigenvalue weighted by Gasteiger charge is -2.19. The third kappa shape index (κ3) is 4.79. The highest BCUT2D eigenvalue weighted by Gasteiger charge is 2.19. The predicted molar refractivity (Wildman–Crippen MR) is 253 cm³/mol. The minimum absolute atomic E-state index is 0.919. The van der Waals surface area contributed by atoms with Crippen molar-refractivity contribution in [1.82, 2.24) is 0 Å². The van der Waals surface area contributed by atoms with Gasteiger partial charge in [-0.2, -0.15) is 0 Å². The van der Waals surface area contributed by atoms with Crippen molar-refractivity contribution in [3.63, 3.8) is 0 Å². The van der Waals surface area contributed by atoms with Gasteiger partial charge in [0.15, 0.2) is 0 Å². The predicted octanol–water partition coefficient (Wildman–Crippen LogP) is 16.7. The second kappa shape index (κ2) is 12.4. The molecular formula is C58H34O. The molecule has 0 bridgehead atoms. The molecule has 0 N–H and O–H groups in total. The Hall–Kier alpha value is -7.74. The Bertz CT molecular complexity index is 3830. The molecule has 272 valence electrons. The van der Waals surface area contributed by atoms with Gasteiger partial charge in [-0.05, 0) is 139 Å². The molecule has 1 aromatic heterocycles. The van der Waals surface area contributed by atoms with Crippen LogP contribution in [0.5, 0.6) is 0 Å². The Morgan fingerprint density at radius 1 is 0.220 bits per heavy atom. The largest absolute Gasteiger partial charge is 0.456 e. The molecule has 0 saturated heterocycles. The van der Waals surface area contributed by atoms with Gasteiger partial charge in [-0.1, -0.05) is 176 Å². The van der Waals surface area contributed by atoms with E-state index < -0.39 is 0 Å². The fourth-order valence-corrected chi connectivity index (χ4v) is 10.1. The van der Waals surface area contributed by atoms with Crippen LogP contribution >= 0.6 is 0 Å². The smallest absolute Gasteiger partial charge is 0.136 e. The molecule has 1 nitrogen and oxygen atoms in total. The monoisotopic (exact) mass is 746 g/mol. The van der Waals surface area contributed by atoms with Crippen LogP contribution in [-0.4, -0.2) is 0 Å². The quantitative estimate of drug-likeness (QED) is 0.130. The van der Waals surface area contributed by atoms with Crippen LogP contribution in [0.15, 0.2) is 211 Å². The Balaban J connectivity index is 1.02. The van der Waals surface area contributed by atoms with Gasteiger partial charge >= 0.3 is 0 Å². The van der Waals surface area contributed by atoms with Crippen molar-refractivity contribution in [2.75, 3.05) is 0 Å². The third-order valence-corrected chi connectivity index (χ3v) is 12.8. The summed E-state index contributed by atoms with van der Waals surface area (Å²) >= 11 is 0. The van der Waals surface area contributed by atoms with Gasteiger partial charge in [-0.15, -0.1) is 0 Å². The molecule has 13 aromatic rings. The van der Waals surface area contributed by atoms with Crippen molar-refractivity contribution in [1.29, 1.82) is 0 Å². The van der Waals surface area contributed by atoms with E-state index in [1.54, 1.807) is 0 Å². The van der Waals surface area contributed by atoms with Crippen LogP contribution in [0.4, 0.5) is 0 Å². The van der Waals surface area contributed by atoms with Gasteiger partial charge in [-0.3, -0.25) is 0 Å². The van der Waals surface area contributed by atoms with Gasteiger partial charge in [0.1, 0.15) is 11.2 Å². The number of furan rings is 1. The Labute approximate surface area is 340 Å². The molecule has 0 aliphatic carbocycles. The van der Waals surface area contributed by atoms with Crippen LogP contribution in [0.2, 0.25) is 0 Å². The van der Waals surface area contributed by atoms with Crippen LogP contribution in [0.1, 0.15) is 0 Å². The maximum Gasteiger partial charge on any atom is 0.136 e. The summed E-state index contributed by atoms with van der Waals surface area (Å²) in [6, 6.07) is 75.9. The lowest BCUT2D eigenvalue weighted by molar-refractivity contribution is 0.670. The van der Waals surface area contributed by atoms with E-state index in [0.717, 1.165) is 16.6 Å². The lowest BCUT2D eigenvalue weighted by atomic mass is 9.84. The van der Waals surface area contributed by atoms with Crippen LogP contribution in [0.25, 0.3) is 131 Å². The topological polar surface area (TPSA) is 13.1 Å². The first-order valence-electron chi connectivity index (χ1n) is 20.4.